The van der Waals surface area contributed by atoms with Gasteiger partial charge < -0.3 is 19.8 Å². The highest BCUT2D eigenvalue weighted by Crippen LogP contribution is 2.28. The number of esters is 1. The van der Waals surface area contributed by atoms with E-state index in [-0.39, 0.29) is 12.6 Å². The molecule has 3 aromatic rings. The number of urea groups is 1. The highest BCUT2D eigenvalue weighted by molar-refractivity contribution is 7.99. The highest BCUT2D eigenvalue weighted by Gasteiger charge is 2.30. The number of hydrogen-bond donors (Lipinski definition) is 2. The van der Waals surface area contributed by atoms with E-state index >= 15 is 0 Å². The van der Waals surface area contributed by atoms with Crippen LogP contribution in [-0.4, -0.2) is 45.2 Å². The minimum absolute atomic E-state index is 0.251. The van der Waals surface area contributed by atoms with E-state index < -0.39 is 12.0 Å². The molecular formula is C23H25N5O4S. The normalized spacial score (nSPS) is 15.8. The average molecular weight is 468 g/mol. The van der Waals surface area contributed by atoms with Gasteiger partial charge in [-0.1, -0.05) is 35.5 Å². The molecule has 0 saturated heterocycles. The molecule has 2 amide bonds. The van der Waals surface area contributed by atoms with Crippen molar-refractivity contribution in [1.29, 1.82) is 0 Å². The van der Waals surface area contributed by atoms with Crippen LogP contribution in [0.5, 0.6) is 0 Å². The Morgan fingerprint density at radius 3 is 2.85 bits per heavy atom. The minimum atomic E-state index is -0.461. The van der Waals surface area contributed by atoms with Crippen molar-refractivity contribution in [2.75, 3.05) is 12.4 Å². The van der Waals surface area contributed by atoms with Crippen LogP contribution in [0.4, 0.5) is 4.79 Å². The van der Waals surface area contributed by atoms with Gasteiger partial charge in [-0.3, -0.25) is 4.57 Å². The van der Waals surface area contributed by atoms with Crippen LogP contribution < -0.4 is 10.6 Å². The lowest BCUT2D eigenvalue weighted by atomic mass is 10.1. The van der Waals surface area contributed by atoms with Crippen molar-refractivity contribution < 1.29 is 18.7 Å². The number of amides is 2. The van der Waals surface area contributed by atoms with Crippen LogP contribution >= 0.6 is 11.8 Å². The van der Waals surface area contributed by atoms with E-state index in [9.17, 15) is 9.59 Å². The van der Waals surface area contributed by atoms with Crippen LogP contribution in [0, 0.1) is 6.92 Å². The van der Waals surface area contributed by atoms with Crippen LogP contribution in [0.3, 0.4) is 0 Å². The fourth-order valence-electron chi connectivity index (χ4n) is 3.62. The van der Waals surface area contributed by atoms with Gasteiger partial charge in [0.2, 0.25) is 0 Å². The van der Waals surface area contributed by atoms with Gasteiger partial charge in [-0.2, -0.15) is 0 Å². The monoisotopic (exact) mass is 467 g/mol. The van der Waals surface area contributed by atoms with Crippen LogP contribution in [0.2, 0.25) is 0 Å². The van der Waals surface area contributed by atoms with E-state index in [1.807, 2.05) is 47.9 Å². The Bertz CT molecular complexity index is 1190. The first kappa shape index (κ1) is 22.7. The Morgan fingerprint density at radius 1 is 1.27 bits per heavy atom. The summed E-state index contributed by atoms with van der Waals surface area (Å²) >= 11 is 1.38. The number of thioether (sulfide) groups is 1. The van der Waals surface area contributed by atoms with Gasteiger partial charge in [0.15, 0.2) is 11.0 Å². The van der Waals surface area contributed by atoms with Crippen molar-refractivity contribution in [3.63, 3.8) is 0 Å². The first-order chi connectivity index (χ1) is 16.0. The summed E-state index contributed by atoms with van der Waals surface area (Å²) in [5, 5.41) is 14.9. The number of ether oxygens (including phenoxy) is 1. The summed E-state index contributed by atoms with van der Waals surface area (Å²) in [7, 11) is 0. The van der Waals surface area contributed by atoms with E-state index in [4.69, 9.17) is 9.15 Å². The third kappa shape index (κ3) is 5.11. The van der Waals surface area contributed by atoms with Crippen LogP contribution in [0.1, 0.15) is 25.2 Å². The number of aryl methyl sites for hydroxylation is 1. The summed E-state index contributed by atoms with van der Waals surface area (Å²) in [6, 6.07) is 10.9. The van der Waals surface area contributed by atoms with Gasteiger partial charge in [-0.25, -0.2) is 9.59 Å². The van der Waals surface area contributed by atoms with Gasteiger partial charge in [0.1, 0.15) is 5.76 Å². The molecule has 4 rings (SSSR count). The van der Waals surface area contributed by atoms with Crippen molar-refractivity contribution in [3.8, 4) is 11.4 Å². The van der Waals surface area contributed by atoms with Crippen molar-refractivity contribution in [2.45, 2.75) is 38.5 Å². The summed E-state index contributed by atoms with van der Waals surface area (Å²) in [5.74, 6) is 1.34. The van der Waals surface area contributed by atoms with Gasteiger partial charge in [0.05, 0.1) is 31.0 Å². The third-order valence-electron chi connectivity index (χ3n) is 5.10. The molecule has 0 radical (unpaired) electrons. The van der Waals surface area contributed by atoms with E-state index in [0.29, 0.717) is 34.5 Å². The number of carbonyl (C=O) groups is 2. The molecule has 0 spiro atoms. The van der Waals surface area contributed by atoms with Gasteiger partial charge >= 0.3 is 12.0 Å². The number of rotatable bonds is 8. The van der Waals surface area contributed by atoms with Crippen molar-refractivity contribution in [3.05, 3.63) is 65.3 Å². The van der Waals surface area contributed by atoms with E-state index in [1.54, 1.807) is 20.1 Å². The fraction of sp³-hybridized carbons (Fsp3) is 0.304. The lowest BCUT2D eigenvalue weighted by Crippen LogP contribution is -2.49. The third-order valence-corrected chi connectivity index (χ3v) is 6.09. The number of nitrogens with zero attached hydrogens (tertiary/aromatic N) is 3. The molecule has 9 nitrogen and oxygen atoms in total. The molecule has 3 heterocycles. The lowest BCUT2D eigenvalue weighted by Gasteiger charge is -2.26. The van der Waals surface area contributed by atoms with E-state index in [1.165, 1.54) is 11.8 Å². The number of aromatic nitrogens is 3. The van der Waals surface area contributed by atoms with Gasteiger partial charge in [-0.15, -0.1) is 10.2 Å². The smallest absolute Gasteiger partial charge is 0.337 e. The zero-order valence-electron chi connectivity index (χ0n) is 18.6. The number of nitrogens with one attached hydrogen (secondary N) is 2. The molecule has 1 atom stereocenters. The highest BCUT2D eigenvalue weighted by atomic mass is 32.2. The zero-order valence-corrected chi connectivity index (χ0v) is 19.4. The Hall–Kier alpha value is -3.53. The van der Waals surface area contributed by atoms with Gasteiger partial charge in [-0.05, 0) is 39.0 Å². The largest absolute Gasteiger partial charge is 0.467 e. The van der Waals surface area contributed by atoms with E-state index in [0.717, 1.165) is 16.9 Å². The number of hydrogen-bond acceptors (Lipinski definition) is 7. The maximum absolute atomic E-state index is 12.5. The second kappa shape index (κ2) is 9.95. The van der Waals surface area contributed by atoms with Crippen molar-refractivity contribution in [1.82, 2.24) is 25.4 Å². The second-order valence-corrected chi connectivity index (χ2v) is 8.51. The van der Waals surface area contributed by atoms with Crippen molar-refractivity contribution >= 4 is 23.8 Å². The second-order valence-electron chi connectivity index (χ2n) is 7.56. The minimum Gasteiger partial charge on any atom is -0.467 e. The molecule has 1 aliphatic rings. The molecule has 33 heavy (non-hydrogen) atoms. The molecule has 172 valence electrons. The van der Waals surface area contributed by atoms with Crippen LogP contribution in [0.15, 0.2) is 63.5 Å². The lowest BCUT2D eigenvalue weighted by molar-refractivity contribution is -0.138. The summed E-state index contributed by atoms with van der Waals surface area (Å²) in [6.45, 7) is 6.22. The Labute approximate surface area is 195 Å². The fourth-order valence-corrected chi connectivity index (χ4v) is 4.53. The topological polar surface area (TPSA) is 111 Å². The molecule has 2 N–H and O–H groups in total. The Morgan fingerprint density at radius 2 is 2.12 bits per heavy atom. The quantitative estimate of drug-likeness (QED) is 0.385. The first-order valence-corrected chi connectivity index (χ1v) is 11.6. The average Bonchev–Trinajstić information content (AvgIpc) is 3.42. The summed E-state index contributed by atoms with van der Waals surface area (Å²) in [4.78, 5) is 24.6. The predicted molar refractivity (Wildman–Crippen MR) is 124 cm³/mol. The molecule has 0 fully saturated rings. The molecule has 0 bridgehead atoms. The molecule has 1 unspecified atom stereocenters. The summed E-state index contributed by atoms with van der Waals surface area (Å²) in [5.41, 5.74) is 2.96. The summed E-state index contributed by atoms with van der Waals surface area (Å²) in [6.07, 6.45) is 1.63. The Kier molecular flexibility index (Phi) is 6.83. The van der Waals surface area contributed by atoms with Gasteiger partial charge in [0, 0.05) is 17.0 Å². The molecule has 0 saturated carbocycles. The molecule has 2 aromatic heterocycles. The van der Waals surface area contributed by atoms with E-state index in [2.05, 4.69) is 20.8 Å². The maximum atomic E-state index is 12.5. The first-order valence-electron chi connectivity index (χ1n) is 10.6. The SMILES string of the molecule is CCOC(=O)C1=C(CSc2nnc(-c3cccc(C)c3)n2Cc2ccco2)NC(=O)NC1C. The molecule has 0 aliphatic carbocycles. The standard InChI is InChI=1S/C23H25N5O4S/c1-4-31-21(29)19-15(3)24-22(30)25-18(19)13-33-23-27-26-20(16-8-5-7-14(2)11-16)28(23)12-17-9-6-10-32-17/h5-11,15H,4,12-13H2,1-3H3,(H2,24,25,30). The maximum Gasteiger partial charge on any atom is 0.337 e. The Balaban J connectivity index is 1.66. The zero-order chi connectivity index (χ0) is 23.4. The van der Waals surface area contributed by atoms with Crippen LogP contribution in [0.25, 0.3) is 11.4 Å². The number of carbonyl (C=O) groups excluding carboxylic acids is 2. The molecule has 1 aromatic carbocycles. The van der Waals surface area contributed by atoms with Crippen molar-refractivity contribution in [2.24, 2.45) is 0 Å². The number of furan rings is 1. The molecule has 10 heteroatoms. The van der Waals surface area contributed by atoms with Crippen LogP contribution in [-0.2, 0) is 16.1 Å². The van der Waals surface area contributed by atoms with Gasteiger partial charge in [0.25, 0.3) is 0 Å². The molecular weight excluding hydrogens is 442 g/mol. The molecule has 1 aliphatic heterocycles. The summed E-state index contributed by atoms with van der Waals surface area (Å²) < 4.78 is 12.7. The number of benzene rings is 1. The predicted octanol–water partition coefficient (Wildman–Crippen LogP) is 3.51.